The maximum atomic E-state index is 13.7. The molecule has 0 unspecified atom stereocenters. The summed E-state index contributed by atoms with van der Waals surface area (Å²) in [6, 6.07) is 2.99. The molecule has 1 aliphatic rings. The summed E-state index contributed by atoms with van der Waals surface area (Å²) < 4.78 is 32.4. The van der Waals surface area contributed by atoms with Crippen molar-refractivity contribution in [2.24, 2.45) is 0 Å². The summed E-state index contributed by atoms with van der Waals surface area (Å²) in [5.74, 6) is -1.93. The second-order valence-corrected chi connectivity index (χ2v) is 5.09. The second-order valence-electron chi connectivity index (χ2n) is 4.39. The van der Waals surface area contributed by atoms with Gasteiger partial charge in [-0.15, -0.1) is 0 Å². The molecule has 2 rings (SSSR count). The molecule has 0 radical (unpaired) electrons. The molecule has 1 N–H and O–H groups in total. The topological polar surface area (TPSA) is 21.3 Å². The van der Waals surface area contributed by atoms with E-state index >= 15 is 0 Å². The van der Waals surface area contributed by atoms with Crippen LogP contribution in [0.1, 0.15) is 18.4 Å². The van der Waals surface area contributed by atoms with E-state index in [9.17, 15) is 8.78 Å². The largest absolute Gasteiger partial charge is 0.482 e. The van der Waals surface area contributed by atoms with Crippen molar-refractivity contribution in [2.45, 2.75) is 25.4 Å². The van der Waals surface area contributed by atoms with E-state index in [4.69, 9.17) is 27.9 Å². The minimum absolute atomic E-state index is 0.167. The van der Waals surface area contributed by atoms with Crippen LogP contribution in [-0.4, -0.2) is 12.6 Å². The number of nitrogens with one attached hydrogen (secondary N) is 1. The number of ether oxygens (including phenoxy) is 1. The van der Waals surface area contributed by atoms with Crippen LogP contribution in [0.25, 0.3) is 0 Å². The molecule has 19 heavy (non-hydrogen) atoms. The molecule has 0 atom stereocenters. The lowest BCUT2D eigenvalue weighted by atomic mass is 10.2. The van der Waals surface area contributed by atoms with Crippen LogP contribution in [0.3, 0.4) is 0 Å². The predicted molar refractivity (Wildman–Crippen MR) is 71.5 cm³/mol. The smallest absolute Gasteiger partial charge is 0.191 e. The van der Waals surface area contributed by atoms with Crippen molar-refractivity contribution in [3.63, 3.8) is 0 Å². The zero-order valence-electron chi connectivity index (χ0n) is 10.1. The summed E-state index contributed by atoms with van der Waals surface area (Å²) in [4.78, 5) is 0. The highest BCUT2D eigenvalue weighted by atomic mass is 35.5. The molecular formula is C13H13Cl2F2NO. The standard InChI is InChI=1S/C13H13Cl2F2NO/c14-5-9(15)7-19-13-11(16)3-8(4-12(13)17)6-18-10-1-2-10/h3-5,10,18H,1-2,6-7H2. The molecule has 6 heteroatoms. The van der Waals surface area contributed by atoms with E-state index in [-0.39, 0.29) is 11.6 Å². The van der Waals surface area contributed by atoms with Crippen LogP contribution >= 0.6 is 23.2 Å². The Labute approximate surface area is 120 Å². The van der Waals surface area contributed by atoms with Gasteiger partial charge in [-0.25, -0.2) is 8.78 Å². The van der Waals surface area contributed by atoms with Gasteiger partial charge in [0.2, 0.25) is 0 Å². The van der Waals surface area contributed by atoms with Gasteiger partial charge < -0.3 is 10.1 Å². The summed E-state index contributed by atoms with van der Waals surface area (Å²) in [6.07, 6.45) is 2.24. The molecule has 0 bridgehead atoms. The van der Waals surface area contributed by atoms with E-state index in [1.54, 1.807) is 0 Å². The molecule has 1 aliphatic carbocycles. The third-order valence-corrected chi connectivity index (χ3v) is 3.30. The molecular weight excluding hydrogens is 295 g/mol. The summed E-state index contributed by atoms with van der Waals surface area (Å²) in [7, 11) is 0. The van der Waals surface area contributed by atoms with Crippen LogP contribution in [0.4, 0.5) is 8.78 Å². The van der Waals surface area contributed by atoms with Crippen molar-refractivity contribution in [1.29, 1.82) is 0 Å². The third-order valence-electron chi connectivity index (χ3n) is 2.70. The van der Waals surface area contributed by atoms with Crippen molar-refractivity contribution < 1.29 is 13.5 Å². The summed E-state index contributed by atoms with van der Waals surface area (Å²) in [6.45, 7) is 0.277. The molecule has 0 heterocycles. The maximum Gasteiger partial charge on any atom is 0.191 e. The maximum absolute atomic E-state index is 13.7. The van der Waals surface area contributed by atoms with Crippen LogP contribution in [0, 0.1) is 11.6 Å². The fourth-order valence-corrected chi connectivity index (χ4v) is 1.69. The van der Waals surface area contributed by atoms with E-state index < -0.39 is 17.4 Å². The van der Waals surface area contributed by atoms with Gasteiger partial charge in [0, 0.05) is 18.1 Å². The average molecular weight is 308 g/mol. The van der Waals surface area contributed by atoms with Gasteiger partial charge in [0.15, 0.2) is 17.4 Å². The number of hydrogen-bond donors (Lipinski definition) is 1. The molecule has 0 aliphatic heterocycles. The Kier molecular flexibility index (Phi) is 5.02. The highest BCUT2D eigenvalue weighted by Gasteiger charge is 2.20. The minimum atomic E-state index is -0.744. The Bertz CT molecular complexity index is 467. The minimum Gasteiger partial charge on any atom is -0.482 e. The number of benzene rings is 1. The average Bonchev–Trinajstić information content (AvgIpc) is 3.19. The Morgan fingerprint density at radius 2 is 2.00 bits per heavy atom. The molecule has 1 fully saturated rings. The molecule has 0 saturated heterocycles. The highest BCUT2D eigenvalue weighted by molar-refractivity contribution is 6.36. The molecule has 0 amide bonds. The predicted octanol–water partition coefficient (Wildman–Crippen LogP) is 3.91. The van der Waals surface area contributed by atoms with E-state index in [1.807, 2.05) is 0 Å². The van der Waals surface area contributed by atoms with Gasteiger partial charge in [-0.05, 0) is 30.5 Å². The lowest BCUT2D eigenvalue weighted by Crippen LogP contribution is -2.15. The third kappa shape index (κ3) is 4.34. The molecule has 1 saturated carbocycles. The Morgan fingerprint density at radius 3 is 2.53 bits per heavy atom. The van der Waals surface area contributed by atoms with Gasteiger partial charge >= 0.3 is 0 Å². The SMILES string of the molecule is Fc1cc(CNC2CC2)cc(F)c1OCC(Cl)=CCl. The van der Waals surface area contributed by atoms with Crippen molar-refractivity contribution in [3.8, 4) is 5.75 Å². The van der Waals surface area contributed by atoms with Crippen LogP contribution in [-0.2, 0) is 6.54 Å². The van der Waals surface area contributed by atoms with Crippen molar-refractivity contribution in [1.82, 2.24) is 5.32 Å². The summed E-state index contributed by atoms with van der Waals surface area (Å²) in [5.41, 5.74) is 1.64. The van der Waals surface area contributed by atoms with Gasteiger partial charge in [-0.2, -0.15) is 0 Å². The molecule has 2 nitrogen and oxygen atoms in total. The Morgan fingerprint density at radius 1 is 1.37 bits per heavy atom. The van der Waals surface area contributed by atoms with Gasteiger partial charge in [0.1, 0.15) is 6.61 Å². The number of hydrogen-bond acceptors (Lipinski definition) is 2. The van der Waals surface area contributed by atoms with Crippen molar-refractivity contribution >= 4 is 23.2 Å². The highest BCUT2D eigenvalue weighted by Crippen LogP contribution is 2.25. The van der Waals surface area contributed by atoms with Crippen LogP contribution in [0.5, 0.6) is 5.75 Å². The molecule has 104 valence electrons. The first-order chi connectivity index (χ1) is 9.10. The van der Waals surface area contributed by atoms with Gasteiger partial charge in [-0.1, -0.05) is 23.2 Å². The van der Waals surface area contributed by atoms with Gasteiger partial charge in [0.25, 0.3) is 0 Å². The lowest BCUT2D eigenvalue weighted by molar-refractivity contribution is 0.317. The fraction of sp³-hybridized carbons (Fsp3) is 0.385. The van der Waals surface area contributed by atoms with Crippen molar-refractivity contribution in [3.05, 3.63) is 39.9 Å². The lowest BCUT2D eigenvalue weighted by Gasteiger charge is -2.10. The van der Waals surface area contributed by atoms with Crippen molar-refractivity contribution in [2.75, 3.05) is 6.61 Å². The summed E-state index contributed by atoms with van der Waals surface area (Å²) >= 11 is 10.9. The van der Waals surface area contributed by atoms with E-state index in [2.05, 4.69) is 5.32 Å². The monoisotopic (exact) mass is 307 g/mol. The van der Waals surface area contributed by atoms with Crippen LogP contribution < -0.4 is 10.1 Å². The fourth-order valence-electron chi connectivity index (χ4n) is 1.57. The zero-order valence-corrected chi connectivity index (χ0v) is 11.6. The first kappa shape index (κ1) is 14.6. The van der Waals surface area contributed by atoms with E-state index in [1.165, 1.54) is 12.1 Å². The first-order valence-electron chi connectivity index (χ1n) is 5.89. The van der Waals surface area contributed by atoms with Crippen LogP contribution in [0.15, 0.2) is 22.7 Å². The second kappa shape index (κ2) is 6.55. The van der Waals surface area contributed by atoms with Gasteiger partial charge in [0.05, 0.1) is 5.03 Å². The Hall–Kier alpha value is -0.840. The molecule has 1 aromatic carbocycles. The zero-order chi connectivity index (χ0) is 13.8. The van der Waals surface area contributed by atoms with E-state index in [0.29, 0.717) is 18.2 Å². The number of halogens is 4. The summed E-state index contributed by atoms with van der Waals surface area (Å²) in [5, 5.41) is 3.35. The first-order valence-corrected chi connectivity index (χ1v) is 6.70. The molecule has 1 aromatic rings. The van der Waals surface area contributed by atoms with Crippen LogP contribution in [0.2, 0.25) is 0 Å². The Balaban J connectivity index is 2.02. The van der Waals surface area contributed by atoms with E-state index in [0.717, 1.165) is 18.4 Å². The molecule has 0 spiro atoms. The number of rotatable bonds is 6. The molecule has 0 aromatic heterocycles. The van der Waals surface area contributed by atoms with Gasteiger partial charge in [-0.3, -0.25) is 0 Å². The normalized spacial score (nSPS) is 15.7. The quantitative estimate of drug-likeness (QED) is 0.860.